The lowest BCUT2D eigenvalue weighted by Gasteiger charge is -2.35. The lowest BCUT2D eigenvalue weighted by molar-refractivity contribution is 0.170. The van der Waals surface area contributed by atoms with Gasteiger partial charge in [-0.1, -0.05) is 23.8 Å². The summed E-state index contributed by atoms with van der Waals surface area (Å²) in [6.45, 7) is 10.1. The molecule has 1 aliphatic rings. The van der Waals surface area contributed by atoms with E-state index in [-0.39, 0.29) is 6.04 Å². The van der Waals surface area contributed by atoms with Crippen LogP contribution in [-0.2, 0) is 0 Å². The van der Waals surface area contributed by atoms with E-state index in [2.05, 4.69) is 23.7 Å². The minimum absolute atomic E-state index is 0.241. The maximum absolute atomic E-state index is 10.1. The van der Waals surface area contributed by atoms with Crippen molar-refractivity contribution in [2.75, 3.05) is 26.2 Å². The topological polar surface area (TPSA) is 35.5 Å². The van der Waals surface area contributed by atoms with E-state index in [1.54, 1.807) is 6.07 Å². The molecule has 0 amide bonds. The molecule has 3 heteroatoms. The Bertz CT molecular complexity index is 411. The molecule has 2 rings (SSSR count). The van der Waals surface area contributed by atoms with Gasteiger partial charge in [-0.05, 0) is 19.4 Å². The van der Waals surface area contributed by atoms with Crippen molar-refractivity contribution in [3.8, 4) is 5.75 Å². The number of para-hydroxylation sites is 1. The molecular formula is C15H22N2O. The minimum Gasteiger partial charge on any atom is -0.508 e. The summed E-state index contributed by atoms with van der Waals surface area (Å²) in [5.41, 5.74) is 2.17. The molecule has 1 saturated heterocycles. The van der Waals surface area contributed by atoms with E-state index < -0.39 is 0 Å². The molecule has 18 heavy (non-hydrogen) atoms. The van der Waals surface area contributed by atoms with Gasteiger partial charge in [-0.25, -0.2) is 0 Å². The fourth-order valence-corrected chi connectivity index (χ4v) is 2.53. The minimum atomic E-state index is 0.241. The van der Waals surface area contributed by atoms with E-state index in [0.717, 1.165) is 43.7 Å². The van der Waals surface area contributed by atoms with E-state index in [9.17, 15) is 5.11 Å². The van der Waals surface area contributed by atoms with Gasteiger partial charge in [-0.2, -0.15) is 0 Å². The van der Waals surface area contributed by atoms with E-state index >= 15 is 0 Å². The highest BCUT2D eigenvalue weighted by atomic mass is 16.3. The molecule has 1 heterocycles. The number of aromatic hydroxyl groups is 1. The van der Waals surface area contributed by atoms with E-state index in [1.165, 1.54) is 0 Å². The van der Waals surface area contributed by atoms with Crippen LogP contribution in [-0.4, -0.2) is 36.2 Å². The first-order valence-electron chi connectivity index (χ1n) is 6.55. The molecule has 1 aliphatic heterocycles. The Labute approximate surface area is 109 Å². The van der Waals surface area contributed by atoms with Crippen molar-refractivity contribution < 1.29 is 5.11 Å². The van der Waals surface area contributed by atoms with Crippen LogP contribution < -0.4 is 5.32 Å². The van der Waals surface area contributed by atoms with Crippen LogP contribution in [0.5, 0.6) is 5.75 Å². The number of hydrogen-bond acceptors (Lipinski definition) is 3. The number of benzene rings is 1. The molecule has 1 aromatic rings. The molecule has 0 aliphatic carbocycles. The smallest absolute Gasteiger partial charge is 0.120 e. The molecule has 0 spiro atoms. The lowest BCUT2D eigenvalue weighted by Crippen LogP contribution is -2.45. The van der Waals surface area contributed by atoms with Gasteiger partial charge in [0.15, 0.2) is 0 Å². The fraction of sp³-hybridized carbons (Fsp3) is 0.467. The molecule has 98 valence electrons. The Morgan fingerprint density at radius 2 is 2.06 bits per heavy atom. The molecule has 1 aromatic carbocycles. The Morgan fingerprint density at radius 3 is 2.67 bits per heavy atom. The quantitative estimate of drug-likeness (QED) is 0.800. The third-order valence-electron chi connectivity index (χ3n) is 3.43. The highest BCUT2D eigenvalue weighted by molar-refractivity contribution is 5.35. The van der Waals surface area contributed by atoms with Gasteiger partial charge in [0, 0.05) is 37.8 Å². The maximum Gasteiger partial charge on any atom is 0.120 e. The van der Waals surface area contributed by atoms with Crippen molar-refractivity contribution in [3.05, 3.63) is 42.0 Å². The summed E-state index contributed by atoms with van der Waals surface area (Å²) in [5, 5.41) is 13.4. The predicted octanol–water partition coefficient (Wildman–Crippen LogP) is 2.30. The van der Waals surface area contributed by atoms with Crippen molar-refractivity contribution in [2.45, 2.75) is 19.4 Å². The monoisotopic (exact) mass is 246 g/mol. The van der Waals surface area contributed by atoms with Gasteiger partial charge in [0.1, 0.15) is 5.75 Å². The third kappa shape index (κ3) is 3.12. The summed E-state index contributed by atoms with van der Waals surface area (Å²) in [6.07, 6.45) is 0.900. The summed E-state index contributed by atoms with van der Waals surface area (Å²) in [7, 11) is 0. The second-order valence-electron chi connectivity index (χ2n) is 5.02. The van der Waals surface area contributed by atoms with E-state index in [0.29, 0.717) is 5.75 Å². The number of phenolic OH excluding ortho intramolecular Hbond substituents is 1. The normalized spacial score (nSPS) is 18.5. The van der Waals surface area contributed by atoms with Crippen molar-refractivity contribution in [3.63, 3.8) is 0 Å². The number of rotatable bonds is 4. The molecule has 3 nitrogen and oxygen atoms in total. The zero-order valence-corrected chi connectivity index (χ0v) is 11.0. The molecule has 1 fully saturated rings. The van der Waals surface area contributed by atoms with Crippen LogP contribution in [0.2, 0.25) is 0 Å². The number of piperazine rings is 1. The second kappa shape index (κ2) is 6.03. The predicted molar refractivity (Wildman–Crippen MR) is 74.7 cm³/mol. The number of nitrogens with one attached hydrogen (secondary N) is 1. The Balaban J connectivity index is 2.24. The lowest BCUT2D eigenvalue weighted by atomic mass is 9.97. The fourth-order valence-electron chi connectivity index (χ4n) is 2.53. The first-order chi connectivity index (χ1) is 8.68. The van der Waals surface area contributed by atoms with Crippen LogP contribution in [0.3, 0.4) is 0 Å². The Morgan fingerprint density at radius 1 is 1.39 bits per heavy atom. The van der Waals surface area contributed by atoms with Gasteiger partial charge in [0.05, 0.1) is 0 Å². The summed E-state index contributed by atoms with van der Waals surface area (Å²) in [5.74, 6) is 0.391. The van der Waals surface area contributed by atoms with Crippen LogP contribution in [0.1, 0.15) is 24.9 Å². The molecule has 0 saturated carbocycles. The molecule has 0 bridgehead atoms. The van der Waals surface area contributed by atoms with Crippen molar-refractivity contribution >= 4 is 0 Å². The zero-order valence-electron chi connectivity index (χ0n) is 11.0. The van der Waals surface area contributed by atoms with Crippen LogP contribution >= 0.6 is 0 Å². The Kier molecular flexibility index (Phi) is 4.39. The molecule has 2 N–H and O–H groups in total. The highest BCUT2D eigenvalue weighted by Crippen LogP contribution is 2.32. The molecule has 0 radical (unpaired) electrons. The number of hydrogen-bond donors (Lipinski definition) is 2. The van der Waals surface area contributed by atoms with Gasteiger partial charge in [-0.15, -0.1) is 6.58 Å². The van der Waals surface area contributed by atoms with Crippen molar-refractivity contribution in [1.82, 2.24) is 10.2 Å². The summed E-state index contributed by atoms with van der Waals surface area (Å²) in [6, 6.07) is 7.89. The first-order valence-corrected chi connectivity index (χ1v) is 6.55. The van der Waals surface area contributed by atoms with Crippen LogP contribution in [0.25, 0.3) is 0 Å². The second-order valence-corrected chi connectivity index (χ2v) is 5.02. The van der Waals surface area contributed by atoms with Crippen molar-refractivity contribution in [2.24, 2.45) is 0 Å². The number of phenols is 1. The third-order valence-corrected chi connectivity index (χ3v) is 3.43. The summed E-state index contributed by atoms with van der Waals surface area (Å²) < 4.78 is 0. The maximum atomic E-state index is 10.1. The van der Waals surface area contributed by atoms with Crippen LogP contribution in [0.4, 0.5) is 0 Å². The van der Waals surface area contributed by atoms with Crippen molar-refractivity contribution in [1.29, 1.82) is 0 Å². The average Bonchev–Trinajstić information content (AvgIpc) is 2.38. The molecule has 0 aromatic heterocycles. The van der Waals surface area contributed by atoms with E-state index in [1.807, 2.05) is 18.2 Å². The van der Waals surface area contributed by atoms with Gasteiger partial charge < -0.3 is 10.4 Å². The van der Waals surface area contributed by atoms with Gasteiger partial charge in [0.25, 0.3) is 0 Å². The molecule has 0 unspecified atom stereocenters. The SMILES string of the molecule is C=C(C)C[C@H](c1ccccc1O)N1CCNCC1. The Hall–Kier alpha value is -1.32. The molecular weight excluding hydrogens is 224 g/mol. The van der Waals surface area contributed by atoms with E-state index in [4.69, 9.17) is 0 Å². The standard InChI is InChI=1S/C15H22N2O/c1-12(2)11-14(17-9-7-16-8-10-17)13-5-3-4-6-15(13)18/h3-6,14,16,18H,1,7-11H2,2H3/t14-/m1/s1. The number of nitrogens with zero attached hydrogens (tertiary/aromatic N) is 1. The average molecular weight is 246 g/mol. The summed E-state index contributed by atoms with van der Waals surface area (Å²) in [4.78, 5) is 2.43. The summed E-state index contributed by atoms with van der Waals surface area (Å²) >= 11 is 0. The first kappa shape index (κ1) is 13.1. The van der Waals surface area contributed by atoms with Gasteiger partial charge in [0.2, 0.25) is 0 Å². The molecule has 1 atom stereocenters. The van der Waals surface area contributed by atoms with Crippen LogP contribution in [0.15, 0.2) is 36.4 Å². The van der Waals surface area contributed by atoms with Crippen LogP contribution in [0, 0.1) is 0 Å². The van der Waals surface area contributed by atoms with Gasteiger partial charge >= 0.3 is 0 Å². The highest BCUT2D eigenvalue weighted by Gasteiger charge is 2.23. The zero-order chi connectivity index (χ0) is 13.0. The largest absolute Gasteiger partial charge is 0.508 e. The van der Waals surface area contributed by atoms with Gasteiger partial charge in [-0.3, -0.25) is 4.90 Å².